The Morgan fingerprint density at radius 3 is 3.14 bits per heavy atom. The number of oxime groups is 1. The number of rotatable bonds is 1. The molecule has 0 atom stereocenters. The average Bonchev–Trinajstić information content (AvgIpc) is 2.27. The predicted molar refractivity (Wildman–Crippen MR) is 50.7 cm³/mol. The van der Waals surface area contributed by atoms with Crippen LogP contribution in [0.3, 0.4) is 0 Å². The molecule has 0 amide bonds. The lowest BCUT2D eigenvalue weighted by atomic mass is 10.0. The van der Waals surface area contributed by atoms with E-state index in [4.69, 9.17) is 14.7 Å². The fourth-order valence-electron chi connectivity index (χ4n) is 1.49. The summed E-state index contributed by atoms with van der Waals surface area (Å²) in [7, 11) is 0. The van der Waals surface area contributed by atoms with E-state index in [-0.39, 0.29) is 6.79 Å². The van der Waals surface area contributed by atoms with E-state index < -0.39 is 0 Å². The number of hydrogen-bond donors (Lipinski definition) is 1. The van der Waals surface area contributed by atoms with Gasteiger partial charge in [0.15, 0.2) is 6.79 Å². The topological polar surface area (TPSA) is 51.1 Å². The van der Waals surface area contributed by atoms with Crippen LogP contribution in [0.25, 0.3) is 0 Å². The molecule has 2 rings (SSSR count). The van der Waals surface area contributed by atoms with Crippen molar-refractivity contribution >= 4 is 5.71 Å². The van der Waals surface area contributed by atoms with Gasteiger partial charge < -0.3 is 14.7 Å². The Morgan fingerprint density at radius 1 is 1.50 bits per heavy atom. The van der Waals surface area contributed by atoms with Crippen LogP contribution in [0.5, 0.6) is 5.75 Å². The van der Waals surface area contributed by atoms with Gasteiger partial charge in [-0.3, -0.25) is 0 Å². The number of benzene rings is 1. The van der Waals surface area contributed by atoms with Gasteiger partial charge in [0.25, 0.3) is 0 Å². The van der Waals surface area contributed by atoms with Gasteiger partial charge in [-0.05, 0) is 13.0 Å². The van der Waals surface area contributed by atoms with Gasteiger partial charge in [0, 0.05) is 11.1 Å². The summed E-state index contributed by atoms with van der Waals surface area (Å²) in [4.78, 5) is 0. The first-order valence-corrected chi connectivity index (χ1v) is 4.34. The van der Waals surface area contributed by atoms with E-state index in [0.717, 1.165) is 16.9 Å². The highest BCUT2D eigenvalue weighted by Crippen LogP contribution is 2.26. The van der Waals surface area contributed by atoms with Crippen LogP contribution in [0.4, 0.5) is 0 Å². The Bertz CT molecular complexity index is 374. The second-order valence-electron chi connectivity index (χ2n) is 3.08. The van der Waals surface area contributed by atoms with Crippen LogP contribution in [0, 0.1) is 0 Å². The third-order valence-corrected chi connectivity index (χ3v) is 2.22. The highest BCUT2D eigenvalue weighted by molar-refractivity contribution is 6.00. The second kappa shape index (κ2) is 3.67. The summed E-state index contributed by atoms with van der Waals surface area (Å²) in [6, 6.07) is 5.63. The molecule has 0 aromatic heterocycles. The molecule has 1 aliphatic rings. The van der Waals surface area contributed by atoms with Crippen LogP contribution in [-0.4, -0.2) is 17.7 Å². The molecule has 1 aromatic carbocycles. The Balaban J connectivity index is 2.50. The van der Waals surface area contributed by atoms with Gasteiger partial charge in [0.2, 0.25) is 0 Å². The first kappa shape index (κ1) is 9.02. The summed E-state index contributed by atoms with van der Waals surface area (Å²) in [6.45, 7) is 2.52. The Morgan fingerprint density at radius 2 is 2.36 bits per heavy atom. The SMILES string of the molecule is CC(=NO)c1cccc2c1COCO2. The quantitative estimate of drug-likeness (QED) is 0.420. The van der Waals surface area contributed by atoms with Crippen LogP contribution in [0.15, 0.2) is 23.4 Å². The maximum Gasteiger partial charge on any atom is 0.189 e. The molecule has 74 valence electrons. The van der Waals surface area contributed by atoms with Crippen LogP contribution < -0.4 is 4.74 Å². The minimum Gasteiger partial charge on any atom is -0.467 e. The number of fused-ring (bicyclic) bond motifs is 1. The molecule has 14 heavy (non-hydrogen) atoms. The molecular formula is C10H11NO3. The van der Waals surface area contributed by atoms with Crippen molar-refractivity contribution in [2.75, 3.05) is 6.79 Å². The molecule has 0 aliphatic carbocycles. The van der Waals surface area contributed by atoms with Gasteiger partial charge in [-0.25, -0.2) is 0 Å². The van der Waals surface area contributed by atoms with E-state index in [2.05, 4.69) is 5.16 Å². The van der Waals surface area contributed by atoms with Crippen molar-refractivity contribution in [3.05, 3.63) is 29.3 Å². The molecule has 0 bridgehead atoms. The van der Waals surface area contributed by atoms with E-state index in [1.54, 1.807) is 6.92 Å². The number of ether oxygens (including phenoxy) is 2. The molecule has 1 aliphatic heterocycles. The first-order chi connectivity index (χ1) is 6.83. The number of nitrogens with zero attached hydrogens (tertiary/aromatic N) is 1. The lowest BCUT2D eigenvalue weighted by molar-refractivity contribution is -0.0164. The molecule has 0 saturated heterocycles. The molecule has 1 aromatic rings. The van der Waals surface area contributed by atoms with Crippen molar-refractivity contribution < 1.29 is 14.7 Å². The Labute approximate surface area is 81.8 Å². The van der Waals surface area contributed by atoms with Gasteiger partial charge >= 0.3 is 0 Å². The molecule has 0 unspecified atom stereocenters. The molecule has 4 heteroatoms. The number of hydrogen-bond acceptors (Lipinski definition) is 4. The van der Waals surface area contributed by atoms with Crippen molar-refractivity contribution in [1.29, 1.82) is 0 Å². The molecule has 1 N–H and O–H groups in total. The highest BCUT2D eigenvalue weighted by atomic mass is 16.7. The molecule has 0 saturated carbocycles. The standard InChI is InChI=1S/C10H11NO3/c1-7(11-12)8-3-2-4-10-9(8)5-13-6-14-10/h2-4,12H,5-6H2,1H3. The third-order valence-electron chi connectivity index (χ3n) is 2.22. The van der Waals surface area contributed by atoms with E-state index >= 15 is 0 Å². The van der Waals surface area contributed by atoms with Gasteiger partial charge in [0.05, 0.1) is 12.3 Å². The average molecular weight is 193 g/mol. The maximum atomic E-state index is 8.70. The minimum atomic E-state index is 0.284. The summed E-state index contributed by atoms with van der Waals surface area (Å²) in [5, 5.41) is 11.9. The highest BCUT2D eigenvalue weighted by Gasteiger charge is 2.15. The van der Waals surface area contributed by atoms with Gasteiger partial charge in [0.1, 0.15) is 5.75 Å². The zero-order valence-corrected chi connectivity index (χ0v) is 7.86. The molecule has 0 spiro atoms. The van der Waals surface area contributed by atoms with Crippen LogP contribution in [0.1, 0.15) is 18.1 Å². The van der Waals surface area contributed by atoms with Gasteiger partial charge in [-0.2, -0.15) is 0 Å². The van der Waals surface area contributed by atoms with E-state index in [1.165, 1.54) is 0 Å². The molecule has 0 fully saturated rings. The Kier molecular flexibility index (Phi) is 2.37. The van der Waals surface area contributed by atoms with Crippen LogP contribution in [0.2, 0.25) is 0 Å². The largest absolute Gasteiger partial charge is 0.467 e. The van der Waals surface area contributed by atoms with Crippen molar-refractivity contribution in [2.45, 2.75) is 13.5 Å². The minimum absolute atomic E-state index is 0.284. The van der Waals surface area contributed by atoms with E-state index in [9.17, 15) is 0 Å². The third kappa shape index (κ3) is 1.44. The predicted octanol–water partition coefficient (Wildman–Crippen LogP) is 1.75. The smallest absolute Gasteiger partial charge is 0.189 e. The summed E-state index contributed by atoms with van der Waals surface area (Å²) in [5.41, 5.74) is 2.37. The summed E-state index contributed by atoms with van der Waals surface area (Å²) in [6.07, 6.45) is 0. The van der Waals surface area contributed by atoms with Crippen molar-refractivity contribution in [2.24, 2.45) is 5.16 Å². The lowest BCUT2D eigenvalue weighted by Gasteiger charge is -2.19. The van der Waals surface area contributed by atoms with E-state index in [0.29, 0.717) is 12.3 Å². The normalized spacial score (nSPS) is 15.9. The second-order valence-corrected chi connectivity index (χ2v) is 3.08. The van der Waals surface area contributed by atoms with Crippen LogP contribution >= 0.6 is 0 Å². The van der Waals surface area contributed by atoms with Crippen LogP contribution in [-0.2, 0) is 11.3 Å². The fourth-order valence-corrected chi connectivity index (χ4v) is 1.49. The lowest BCUT2D eigenvalue weighted by Crippen LogP contribution is -2.14. The maximum absolute atomic E-state index is 8.70. The molecular weight excluding hydrogens is 182 g/mol. The summed E-state index contributed by atoms with van der Waals surface area (Å²) >= 11 is 0. The van der Waals surface area contributed by atoms with Crippen molar-refractivity contribution in [3.63, 3.8) is 0 Å². The monoisotopic (exact) mass is 193 g/mol. The Hall–Kier alpha value is -1.55. The molecule has 1 heterocycles. The summed E-state index contributed by atoms with van der Waals surface area (Å²) < 4.78 is 10.5. The van der Waals surface area contributed by atoms with Gasteiger partial charge in [-0.15, -0.1) is 0 Å². The molecule has 4 nitrogen and oxygen atoms in total. The zero-order chi connectivity index (χ0) is 9.97. The first-order valence-electron chi connectivity index (χ1n) is 4.34. The van der Waals surface area contributed by atoms with Crippen molar-refractivity contribution in [3.8, 4) is 5.75 Å². The molecule has 0 radical (unpaired) electrons. The fraction of sp³-hybridized carbons (Fsp3) is 0.300. The van der Waals surface area contributed by atoms with Crippen molar-refractivity contribution in [1.82, 2.24) is 0 Å². The zero-order valence-electron chi connectivity index (χ0n) is 7.86. The van der Waals surface area contributed by atoms with E-state index in [1.807, 2.05) is 18.2 Å². The van der Waals surface area contributed by atoms with Gasteiger partial charge in [-0.1, -0.05) is 17.3 Å². The summed E-state index contributed by atoms with van der Waals surface area (Å²) in [5.74, 6) is 0.803.